The minimum Gasteiger partial charge on any atom is -0.493 e. The molecule has 0 fully saturated rings. The summed E-state index contributed by atoms with van der Waals surface area (Å²) >= 11 is 0. The quantitative estimate of drug-likeness (QED) is 0.805. The van der Waals surface area contributed by atoms with Crippen molar-refractivity contribution < 1.29 is 24.4 Å². The first kappa shape index (κ1) is 14.4. The van der Waals surface area contributed by atoms with Crippen molar-refractivity contribution in [2.45, 2.75) is 0 Å². The Balaban J connectivity index is 2.54. The van der Waals surface area contributed by atoms with Gasteiger partial charge in [-0.3, -0.25) is 0 Å². The Morgan fingerprint density at radius 1 is 0.900 bits per heavy atom. The molecule has 20 heavy (non-hydrogen) atoms. The van der Waals surface area contributed by atoms with Crippen LogP contribution in [-0.4, -0.2) is 43.8 Å². The maximum atomic E-state index is 8.92. The third kappa shape index (κ3) is 2.95. The fraction of sp³-hybridized carbons (Fsp3) is 0.333. The van der Waals surface area contributed by atoms with Gasteiger partial charge in [0, 0.05) is 16.8 Å². The van der Waals surface area contributed by atoms with E-state index in [2.05, 4.69) is 0 Å². The van der Waals surface area contributed by atoms with E-state index in [9.17, 15) is 0 Å². The lowest BCUT2D eigenvalue weighted by atomic mass is 10.1. The Labute approximate surface area is 117 Å². The number of ether oxygens (including phenoxy) is 3. The Hall–Kier alpha value is -1.98. The van der Waals surface area contributed by atoms with Gasteiger partial charge in [0.15, 0.2) is 11.5 Å². The van der Waals surface area contributed by atoms with Crippen LogP contribution in [0.3, 0.4) is 0 Å². The maximum Gasteiger partial charge on any atom is 0.169 e. The number of rotatable bonds is 7. The fourth-order valence-electron chi connectivity index (χ4n) is 2.01. The van der Waals surface area contributed by atoms with Crippen LogP contribution in [0.25, 0.3) is 10.8 Å². The molecule has 0 aliphatic rings. The normalized spacial score (nSPS) is 10.6. The summed E-state index contributed by atoms with van der Waals surface area (Å²) in [6, 6.07) is 9.33. The second-order valence-corrected chi connectivity index (χ2v) is 4.10. The van der Waals surface area contributed by atoms with Crippen molar-refractivity contribution >= 4 is 10.8 Å². The lowest BCUT2D eigenvalue weighted by Gasteiger charge is -2.16. The molecule has 108 valence electrons. The molecular weight excluding hydrogens is 260 g/mol. The van der Waals surface area contributed by atoms with Gasteiger partial charge >= 0.3 is 0 Å². The van der Waals surface area contributed by atoms with Gasteiger partial charge < -0.3 is 24.4 Å². The Bertz CT molecular complexity index is 567. The number of hydrogen-bond donors (Lipinski definition) is 2. The molecule has 0 amide bonds. The predicted molar refractivity (Wildman–Crippen MR) is 75.7 cm³/mol. The first-order chi connectivity index (χ1) is 9.81. The number of aliphatic hydroxyl groups is 2. The molecule has 0 aliphatic carbocycles. The molecule has 2 N–H and O–H groups in total. The van der Waals surface area contributed by atoms with Crippen molar-refractivity contribution in [1.82, 2.24) is 0 Å². The summed E-state index contributed by atoms with van der Waals surface area (Å²) in [5.41, 5.74) is 0. The van der Waals surface area contributed by atoms with Gasteiger partial charge in [-0.25, -0.2) is 0 Å². The molecule has 0 aliphatic heterocycles. The van der Waals surface area contributed by atoms with Crippen molar-refractivity contribution in [1.29, 1.82) is 0 Å². The third-order valence-electron chi connectivity index (χ3n) is 2.83. The number of hydrogen-bond acceptors (Lipinski definition) is 5. The van der Waals surface area contributed by atoms with Gasteiger partial charge in [-0.15, -0.1) is 0 Å². The largest absolute Gasteiger partial charge is 0.493 e. The van der Waals surface area contributed by atoms with Crippen molar-refractivity contribution in [3.05, 3.63) is 30.3 Å². The summed E-state index contributed by atoms with van der Waals surface area (Å²) in [6.07, 6.45) is 0. The second kappa shape index (κ2) is 6.98. The molecule has 0 spiro atoms. The van der Waals surface area contributed by atoms with Crippen LogP contribution in [0.1, 0.15) is 0 Å². The molecule has 0 saturated heterocycles. The molecule has 0 bridgehead atoms. The maximum absolute atomic E-state index is 8.92. The van der Waals surface area contributed by atoms with E-state index in [0.717, 1.165) is 10.8 Å². The van der Waals surface area contributed by atoms with E-state index in [4.69, 9.17) is 24.4 Å². The minimum atomic E-state index is -0.0692. The molecule has 0 atom stereocenters. The van der Waals surface area contributed by atoms with Gasteiger partial charge in [-0.1, -0.05) is 24.3 Å². The van der Waals surface area contributed by atoms with Gasteiger partial charge in [0.05, 0.1) is 20.3 Å². The number of benzene rings is 2. The average Bonchev–Trinajstić information content (AvgIpc) is 2.50. The highest BCUT2D eigenvalue weighted by atomic mass is 16.5. The Kier molecular flexibility index (Phi) is 5.03. The molecule has 2 rings (SSSR count). The van der Waals surface area contributed by atoms with Gasteiger partial charge in [-0.2, -0.15) is 0 Å². The van der Waals surface area contributed by atoms with Crippen LogP contribution in [0, 0.1) is 0 Å². The highest BCUT2D eigenvalue weighted by Gasteiger charge is 2.14. The Morgan fingerprint density at radius 2 is 1.55 bits per heavy atom. The smallest absolute Gasteiger partial charge is 0.169 e. The van der Waals surface area contributed by atoms with E-state index in [1.165, 1.54) is 0 Å². The zero-order valence-electron chi connectivity index (χ0n) is 11.3. The summed E-state index contributed by atoms with van der Waals surface area (Å²) in [5.74, 6) is 1.74. The predicted octanol–water partition coefficient (Wildman–Crippen LogP) is 1.59. The lowest BCUT2D eigenvalue weighted by Crippen LogP contribution is -2.05. The molecule has 5 nitrogen and oxygen atoms in total. The fourth-order valence-corrected chi connectivity index (χ4v) is 2.01. The van der Waals surface area contributed by atoms with Crippen LogP contribution in [0.4, 0.5) is 0 Å². The zero-order chi connectivity index (χ0) is 14.4. The van der Waals surface area contributed by atoms with E-state index >= 15 is 0 Å². The van der Waals surface area contributed by atoms with E-state index in [-0.39, 0.29) is 26.4 Å². The molecule has 2 aromatic carbocycles. The first-order valence-electron chi connectivity index (χ1n) is 6.39. The van der Waals surface area contributed by atoms with Gasteiger partial charge in [0.1, 0.15) is 19.0 Å². The van der Waals surface area contributed by atoms with E-state index in [1.807, 2.05) is 24.3 Å². The summed E-state index contributed by atoms with van der Waals surface area (Å²) < 4.78 is 16.4. The molecule has 0 radical (unpaired) electrons. The van der Waals surface area contributed by atoms with Crippen LogP contribution in [-0.2, 0) is 0 Å². The average molecular weight is 278 g/mol. The van der Waals surface area contributed by atoms with Crippen LogP contribution in [0.2, 0.25) is 0 Å². The van der Waals surface area contributed by atoms with E-state index in [0.29, 0.717) is 17.2 Å². The van der Waals surface area contributed by atoms with Crippen LogP contribution in [0.5, 0.6) is 17.2 Å². The summed E-state index contributed by atoms with van der Waals surface area (Å²) in [5, 5.41) is 19.5. The summed E-state index contributed by atoms with van der Waals surface area (Å²) in [7, 11) is 1.55. The lowest BCUT2D eigenvalue weighted by molar-refractivity contribution is 0.195. The van der Waals surface area contributed by atoms with Crippen molar-refractivity contribution in [3.63, 3.8) is 0 Å². The molecular formula is C15H18O5. The van der Waals surface area contributed by atoms with Gasteiger partial charge in [-0.05, 0) is 0 Å². The summed E-state index contributed by atoms with van der Waals surface area (Å²) in [6.45, 7) is 0.279. The van der Waals surface area contributed by atoms with Gasteiger partial charge in [0.25, 0.3) is 0 Å². The highest BCUT2D eigenvalue weighted by molar-refractivity contribution is 5.95. The Morgan fingerprint density at radius 3 is 2.20 bits per heavy atom. The minimum absolute atomic E-state index is 0.0561. The second-order valence-electron chi connectivity index (χ2n) is 4.10. The SMILES string of the molecule is COc1cc(OCCO)c2ccccc2c1OCCO. The molecule has 2 aromatic rings. The van der Waals surface area contributed by atoms with Crippen LogP contribution < -0.4 is 14.2 Å². The zero-order valence-corrected chi connectivity index (χ0v) is 11.3. The molecule has 0 aromatic heterocycles. The standard InChI is InChI=1S/C15H18O5/c1-18-14-10-13(19-8-6-16)11-4-2-3-5-12(11)15(14)20-9-7-17/h2-5,10,16-17H,6-9H2,1H3. The molecule has 5 heteroatoms. The number of aliphatic hydroxyl groups excluding tert-OH is 2. The van der Waals surface area contributed by atoms with Crippen molar-refractivity contribution in [3.8, 4) is 17.2 Å². The number of fused-ring (bicyclic) bond motifs is 1. The highest BCUT2D eigenvalue weighted by Crippen LogP contribution is 2.41. The van der Waals surface area contributed by atoms with Crippen LogP contribution >= 0.6 is 0 Å². The third-order valence-corrected chi connectivity index (χ3v) is 2.83. The first-order valence-corrected chi connectivity index (χ1v) is 6.39. The van der Waals surface area contributed by atoms with Crippen molar-refractivity contribution in [2.24, 2.45) is 0 Å². The van der Waals surface area contributed by atoms with Crippen LogP contribution in [0.15, 0.2) is 30.3 Å². The van der Waals surface area contributed by atoms with Crippen molar-refractivity contribution in [2.75, 3.05) is 33.5 Å². The molecule has 0 heterocycles. The monoisotopic (exact) mass is 278 g/mol. The van der Waals surface area contributed by atoms with Gasteiger partial charge in [0.2, 0.25) is 0 Å². The van der Waals surface area contributed by atoms with E-state index in [1.54, 1.807) is 13.2 Å². The number of methoxy groups -OCH3 is 1. The van der Waals surface area contributed by atoms with E-state index < -0.39 is 0 Å². The topological polar surface area (TPSA) is 68.2 Å². The summed E-state index contributed by atoms with van der Waals surface area (Å²) in [4.78, 5) is 0. The molecule has 0 saturated carbocycles. The molecule has 0 unspecified atom stereocenters.